The Morgan fingerprint density at radius 2 is 2.29 bits per heavy atom. The van der Waals surface area contributed by atoms with Crippen molar-refractivity contribution < 1.29 is 4.52 Å². The molecule has 1 aliphatic rings. The van der Waals surface area contributed by atoms with Crippen LogP contribution >= 0.6 is 12.4 Å². The third kappa shape index (κ3) is 3.40. The fourth-order valence-electron chi connectivity index (χ4n) is 2.42. The molecule has 2 rings (SSSR count). The summed E-state index contributed by atoms with van der Waals surface area (Å²) in [6.45, 7) is 6.78. The second kappa shape index (κ2) is 6.33. The molecule has 0 aliphatic carbocycles. The van der Waals surface area contributed by atoms with Gasteiger partial charge in [-0.3, -0.25) is 4.90 Å². The van der Waals surface area contributed by atoms with Gasteiger partial charge in [-0.15, -0.1) is 12.4 Å². The highest BCUT2D eigenvalue weighted by atomic mass is 35.5. The van der Waals surface area contributed by atoms with Crippen molar-refractivity contribution in [3.05, 3.63) is 11.7 Å². The first-order chi connectivity index (χ1) is 7.70. The van der Waals surface area contributed by atoms with E-state index < -0.39 is 0 Å². The molecule has 1 unspecified atom stereocenters. The minimum absolute atomic E-state index is 0. The molecule has 2 N–H and O–H groups in total. The number of nitrogens with zero attached hydrogens (tertiary/aromatic N) is 3. The molecule has 1 saturated heterocycles. The number of halogens is 1. The van der Waals surface area contributed by atoms with Gasteiger partial charge in [-0.25, -0.2) is 0 Å². The first-order valence-electron chi connectivity index (χ1n) is 5.96. The molecule has 1 aromatic rings. The number of hydrogen-bond donors (Lipinski definition) is 1. The summed E-state index contributed by atoms with van der Waals surface area (Å²) in [7, 11) is 0. The van der Waals surface area contributed by atoms with E-state index in [0.29, 0.717) is 24.4 Å². The van der Waals surface area contributed by atoms with Gasteiger partial charge in [0.2, 0.25) is 5.89 Å². The summed E-state index contributed by atoms with van der Waals surface area (Å²) < 4.78 is 5.01. The maximum absolute atomic E-state index is 5.44. The van der Waals surface area contributed by atoms with Gasteiger partial charge in [-0.2, -0.15) is 4.98 Å². The average Bonchev–Trinajstić information content (AvgIpc) is 2.87. The van der Waals surface area contributed by atoms with Crippen LogP contribution in [0.15, 0.2) is 4.52 Å². The Morgan fingerprint density at radius 3 is 2.88 bits per heavy atom. The highest BCUT2D eigenvalue weighted by Crippen LogP contribution is 2.24. The summed E-state index contributed by atoms with van der Waals surface area (Å²) in [6, 6.07) is 0.653. The maximum Gasteiger partial charge on any atom is 0.240 e. The van der Waals surface area contributed by atoms with E-state index in [1.807, 2.05) is 0 Å². The zero-order valence-electron chi connectivity index (χ0n) is 10.4. The average molecular weight is 261 g/mol. The van der Waals surface area contributed by atoms with Gasteiger partial charge >= 0.3 is 0 Å². The zero-order chi connectivity index (χ0) is 11.5. The highest BCUT2D eigenvalue weighted by molar-refractivity contribution is 5.85. The Hall–Kier alpha value is -0.650. The van der Waals surface area contributed by atoms with Crippen LogP contribution in [0.4, 0.5) is 0 Å². The Balaban J connectivity index is 0.00000144. The van der Waals surface area contributed by atoms with Crippen LogP contribution in [0.5, 0.6) is 0 Å². The number of nitrogens with two attached hydrogens (primary N) is 1. The summed E-state index contributed by atoms with van der Waals surface area (Å²) in [4.78, 5) is 6.68. The molecule has 17 heavy (non-hydrogen) atoms. The van der Waals surface area contributed by atoms with Crippen LogP contribution in [0.25, 0.3) is 0 Å². The van der Waals surface area contributed by atoms with Crippen LogP contribution in [0.2, 0.25) is 0 Å². The second-order valence-electron chi connectivity index (χ2n) is 4.73. The number of likely N-dealkylation sites (tertiary alicyclic amines) is 1. The van der Waals surface area contributed by atoms with Crippen molar-refractivity contribution in [3.63, 3.8) is 0 Å². The van der Waals surface area contributed by atoms with Crippen molar-refractivity contribution in [2.24, 2.45) is 11.7 Å². The summed E-state index contributed by atoms with van der Waals surface area (Å²) in [5, 5.41) is 3.94. The van der Waals surface area contributed by atoms with E-state index in [4.69, 9.17) is 10.3 Å². The number of rotatable bonds is 4. The van der Waals surface area contributed by atoms with Gasteiger partial charge in [0, 0.05) is 6.04 Å². The minimum atomic E-state index is 0. The molecule has 0 aromatic carbocycles. The lowest BCUT2D eigenvalue weighted by molar-refractivity contribution is 0.192. The molecule has 98 valence electrons. The third-order valence-corrected chi connectivity index (χ3v) is 3.21. The molecular weight excluding hydrogens is 240 g/mol. The number of aromatic nitrogens is 2. The van der Waals surface area contributed by atoms with Crippen molar-refractivity contribution in [1.82, 2.24) is 15.0 Å². The maximum atomic E-state index is 5.44. The molecule has 0 spiro atoms. The van der Waals surface area contributed by atoms with Crippen LogP contribution < -0.4 is 5.73 Å². The summed E-state index contributed by atoms with van der Waals surface area (Å²) in [6.07, 6.45) is 2.55. The molecule has 0 bridgehead atoms. The standard InChI is InChI=1S/C11H20N4O.ClH/c1-8(2)9-4-3-5-15(9)7-10-13-11(6-12)16-14-10;/h8-9H,3-7,12H2,1-2H3;1H. The molecule has 2 heterocycles. The molecule has 0 saturated carbocycles. The topological polar surface area (TPSA) is 68.2 Å². The van der Waals surface area contributed by atoms with Crippen molar-refractivity contribution >= 4 is 12.4 Å². The SMILES string of the molecule is CC(C)C1CCCN1Cc1noc(CN)n1.Cl. The van der Waals surface area contributed by atoms with Gasteiger partial charge in [0.05, 0.1) is 13.1 Å². The van der Waals surface area contributed by atoms with E-state index in [9.17, 15) is 0 Å². The molecule has 6 heteroatoms. The largest absolute Gasteiger partial charge is 0.338 e. The van der Waals surface area contributed by atoms with Gasteiger partial charge in [-0.05, 0) is 25.3 Å². The van der Waals surface area contributed by atoms with Crippen LogP contribution in [-0.2, 0) is 13.1 Å². The van der Waals surface area contributed by atoms with Gasteiger partial charge in [0.15, 0.2) is 5.82 Å². The van der Waals surface area contributed by atoms with Crippen molar-refractivity contribution in [2.45, 2.75) is 45.8 Å². The van der Waals surface area contributed by atoms with E-state index >= 15 is 0 Å². The second-order valence-corrected chi connectivity index (χ2v) is 4.73. The molecule has 1 atom stereocenters. The van der Waals surface area contributed by atoms with Gasteiger partial charge in [-0.1, -0.05) is 19.0 Å². The van der Waals surface area contributed by atoms with Crippen molar-refractivity contribution in [1.29, 1.82) is 0 Å². The van der Waals surface area contributed by atoms with Gasteiger partial charge in [0.25, 0.3) is 0 Å². The van der Waals surface area contributed by atoms with E-state index in [2.05, 4.69) is 28.9 Å². The van der Waals surface area contributed by atoms with Gasteiger partial charge in [0.1, 0.15) is 0 Å². The summed E-state index contributed by atoms with van der Waals surface area (Å²) in [5.74, 6) is 1.96. The Labute approximate surface area is 108 Å². The molecule has 1 fully saturated rings. The van der Waals surface area contributed by atoms with E-state index in [1.165, 1.54) is 12.8 Å². The monoisotopic (exact) mass is 260 g/mol. The highest BCUT2D eigenvalue weighted by Gasteiger charge is 2.27. The minimum Gasteiger partial charge on any atom is -0.338 e. The first kappa shape index (κ1) is 14.4. The molecule has 5 nitrogen and oxygen atoms in total. The first-order valence-corrected chi connectivity index (χ1v) is 5.96. The van der Waals surface area contributed by atoms with Crippen molar-refractivity contribution in [3.8, 4) is 0 Å². The van der Waals surface area contributed by atoms with E-state index in [1.54, 1.807) is 0 Å². The third-order valence-electron chi connectivity index (χ3n) is 3.21. The fraction of sp³-hybridized carbons (Fsp3) is 0.818. The predicted molar refractivity (Wildman–Crippen MR) is 67.7 cm³/mol. The lowest BCUT2D eigenvalue weighted by Crippen LogP contribution is -2.33. The summed E-state index contributed by atoms with van der Waals surface area (Å²) in [5.41, 5.74) is 5.44. The number of hydrogen-bond acceptors (Lipinski definition) is 5. The van der Waals surface area contributed by atoms with Crippen LogP contribution in [0.3, 0.4) is 0 Å². The molecular formula is C11H21ClN4O. The Morgan fingerprint density at radius 1 is 1.53 bits per heavy atom. The summed E-state index contributed by atoms with van der Waals surface area (Å²) >= 11 is 0. The molecule has 0 radical (unpaired) electrons. The Bertz CT molecular complexity index is 342. The lowest BCUT2D eigenvalue weighted by Gasteiger charge is -2.26. The predicted octanol–water partition coefficient (Wildman–Crippen LogP) is 1.57. The van der Waals surface area contributed by atoms with Crippen LogP contribution in [0, 0.1) is 5.92 Å². The smallest absolute Gasteiger partial charge is 0.240 e. The fourth-order valence-corrected chi connectivity index (χ4v) is 2.42. The lowest BCUT2D eigenvalue weighted by atomic mass is 10.0. The normalized spacial score (nSPS) is 20.8. The van der Waals surface area contributed by atoms with E-state index in [-0.39, 0.29) is 12.4 Å². The zero-order valence-corrected chi connectivity index (χ0v) is 11.2. The van der Waals surface area contributed by atoms with Gasteiger partial charge < -0.3 is 10.3 Å². The molecule has 1 aromatic heterocycles. The van der Waals surface area contributed by atoms with Crippen LogP contribution in [0.1, 0.15) is 38.4 Å². The quantitative estimate of drug-likeness (QED) is 0.890. The molecule has 0 amide bonds. The van der Waals surface area contributed by atoms with Crippen LogP contribution in [-0.4, -0.2) is 27.6 Å². The molecule has 1 aliphatic heterocycles. The Kier molecular flexibility index (Phi) is 5.36. The van der Waals surface area contributed by atoms with Crippen molar-refractivity contribution in [2.75, 3.05) is 6.54 Å². The van der Waals surface area contributed by atoms with E-state index in [0.717, 1.165) is 18.9 Å².